The van der Waals surface area contributed by atoms with E-state index >= 15 is 0 Å². The zero-order valence-corrected chi connectivity index (χ0v) is 7.69. The second-order valence-electron chi connectivity index (χ2n) is 1.88. The zero-order valence-electron chi connectivity index (χ0n) is 6.18. The molecule has 0 aliphatic heterocycles. The maximum Gasteiger partial charge on any atom is 0.223 e. The van der Waals surface area contributed by atoms with Crippen molar-refractivity contribution in [1.29, 1.82) is 0 Å². The monoisotopic (exact) mass is 193 g/mol. The lowest BCUT2D eigenvalue weighted by Gasteiger charge is -2.12. The van der Waals surface area contributed by atoms with Gasteiger partial charge in [-0.1, -0.05) is 29.3 Å². The Bertz CT molecular complexity index is 185. The first-order valence-corrected chi connectivity index (χ1v) is 3.74. The second-order valence-corrected chi connectivity index (χ2v) is 2.89. The number of carbonyl (C=O) groups excluding carboxylic acids is 1. The highest BCUT2D eigenvalue weighted by molar-refractivity contribution is 6.55. The summed E-state index contributed by atoms with van der Waals surface area (Å²) in [6.07, 6.45) is 2.95. The Hall–Kier alpha value is -0.470. The molecule has 0 unspecified atom stereocenters. The van der Waals surface area contributed by atoms with Gasteiger partial charge >= 0.3 is 0 Å². The van der Waals surface area contributed by atoms with E-state index in [0.29, 0.717) is 6.54 Å². The van der Waals surface area contributed by atoms with Crippen LogP contribution in [-0.2, 0) is 4.79 Å². The van der Waals surface area contributed by atoms with E-state index in [1.807, 2.05) is 0 Å². The SMILES string of the molecule is C=CCN(C=C(Cl)Cl)C(C)=O. The highest BCUT2D eigenvalue weighted by Crippen LogP contribution is 2.08. The molecule has 0 rings (SSSR count). The molecule has 0 aromatic heterocycles. The quantitative estimate of drug-likeness (QED) is 0.631. The third kappa shape index (κ3) is 4.87. The maximum absolute atomic E-state index is 10.8. The molecule has 1 amide bonds. The molecule has 2 nitrogen and oxygen atoms in total. The van der Waals surface area contributed by atoms with Crippen LogP contribution in [0.3, 0.4) is 0 Å². The average molecular weight is 194 g/mol. The van der Waals surface area contributed by atoms with Crippen molar-refractivity contribution in [3.8, 4) is 0 Å². The summed E-state index contributed by atoms with van der Waals surface area (Å²) in [6, 6.07) is 0. The fraction of sp³-hybridized carbons (Fsp3) is 0.286. The number of hydrogen-bond donors (Lipinski definition) is 0. The summed E-state index contributed by atoms with van der Waals surface area (Å²) in [4.78, 5) is 12.1. The number of amides is 1. The summed E-state index contributed by atoms with van der Waals surface area (Å²) < 4.78 is 0.0575. The van der Waals surface area contributed by atoms with Gasteiger partial charge in [-0.2, -0.15) is 0 Å². The molecule has 0 heterocycles. The molecule has 0 fully saturated rings. The van der Waals surface area contributed by atoms with Crippen molar-refractivity contribution in [2.45, 2.75) is 6.92 Å². The van der Waals surface area contributed by atoms with Crippen LogP contribution in [0.5, 0.6) is 0 Å². The second kappa shape index (κ2) is 5.22. The highest BCUT2D eigenvalue weighted by atomic mass is 35.5. The molecular formula is C7H9Cl2NO. The molecular weight excluding hydrogens is 185 g/mol. The largest absolute Gasteiger partial charge is 0.313 e. The van der Waals surface area contributed by atoms with Crippen LogP contribution >= 0.6 is 23.2 Å². The van der Waals surface area contributed by atoms with Crippen LogP contribution in [-0.4, -0.2) is 17.4 Å². The Morgan fingerprint density at radius 3 is 2.45 bits per heavy atom. The van der Waals surface area contributed by atoms with Crippen LogP contribution in [0.25, 0.3) is 0 Å². The smallest absolute Gasteiger partial charge is 0.223 e. The van der Waals surface area contributed by atoms with Crippen LogP contribution in [0.15, 0.2) is 23.3 Å². The van der Waals surface area contributed by atoms with E-state index in [1.165, 1.54) is 18.0 Å². The van der Waals surface area contributed by atoms with Crippen LogP contribution in [0.1, 0.15) is 6.92 Å². The van der Waals surface area contributed by atoms with E-state index in [4.69, 9.17) is 23.2 Å². The lowest BCUT2D eigenvalue weighted by molar-refractivity contribution is -0.125. The fourth-order valence-corrected chi connectivity index (χ4v) is 0.765. The van der Waals surface area contributed by atoms with E-state index in [9.17, 15) is 4.79 Å². The molecule has 0 N–H and O–H groups in total. The van der Waals surface area contributed by atoms with E-state index in [0.717, 1.165) is 0 Å². The molecule has 0 saturated carbocycles. The van der Waals surface area contributed by atoms with Crippen molar-refractivity contribution in [3.05, 3.63) is 23.3 Å². The Labute approximate surface area is 76.1 Å². The van der Waals surface area contributed by atoms with Gasteiger partial charge in [0.2, 0.25) is 5.91 Å². The molecule has 4 heteroatoms. The Kier molecular flexibility index (Phi) is 4.99. The average Bonchev–Trinajstić information content (AvgIpc) is 1.86. The predicted octanol–water partition coefficient (Wildman–Crippen LogP) is 2.30. The molecule has 0 atom stereocenters. The lowest BCUT2D eigenvalue weighted by atomic mass is 10.5. The number of halogens is 2. The zero-order chi connectivity index (χ0) is 8.85. The van der Waals surface area contributed by atoms with E-state index in [1.54, 1.807) is 6.08 Å². The third-order valence-corrected chi connectivity index (χ3v) is 1.18. The molecule has 0 aromatic rings. The molecule has 0 radical (unpaired) electrons. The first-order valence-electron chi connectivity index (χ1n) is 2.99. The number of hydrogen-bond acceptors (Lipinski definition) is 1. The van der Waals surface area contributed by atoms with Gasteiger partial charge in [0.15, 0.2) is 0 Å². The summed E-state index contributed by atoms with van der Waals surface area (Å²) in [5, 5.41) is 0. The molecule has 0 saturated heterocycles. The first-order chi connectivity index (χ1) is 5.07. The lowest BCUT2D eigenvalue weighted by Crippen LogP contribution is -2.22. The van der Waals surface area contributed by atoms with Crippen LogP contribution in [0.2, 0.25) is 0 Å². The first kappa shape index (κ1) is 10.5. The van der Waals surface area contributed by atoms with Gasteiger partial charge in [0.25, 0.3) is 0 Å². The van der Waals surface area contributed by atoms with Crippen LogP contribution in [0.4, 0.5) is 0 Å². The normalized spacial score (nSPS) is 8.64. The van der Waals surface area contributed by atoms with Gasteiger partial charge in [0.1, 0.15) is 4.49 Å². The molecule has 11 heavy (non-hydrogen) atoms. The minimum Gasteiger partial charge on any atom is -0.313 e. The van der Waals surface area contributed by atoms with Crippen molar-refractivity contribution in [2.75, 3.05) is 6.54 Å². The van der Waals surface area contributed by atoms with Crippen molar-refractivity contribution in [1.82, 2.24) is 4.90 Å². The van der Waals surface area contributed by atoms with Gasteiger partial charge < -0.3 is 4.90 Å². The van der Waals surface area contributed by atoms with Crippen LogP contribution in [0, 0.1) is 0 Å². The Morgan fingerprint density at radius 1 is 1.64 bits per heavy atom. The highest BCUT2D eigenvalue weighted by Gasteiger charge is 2.02. The number of rotatable bonds is 3. The predicted molar refractivity (Wildman–Crippen MR) is 47.4 cm³/mol. The summed E-state index contributed by atoms with van der Waals surface area (Å²) in [5.41, 5.74) is 0. The van der Waals surface area contributed by atoms with Crippen molar-refractivity contribution >= 4 is 29.1 Å². The maximum atomic E-state index is 10.8. The van der Waals surface area contributed by atoms with E-state index in [2.05, 4.69) is 6.58 Å². The minimum atomic E-state index is -0.122. The van der Waals surface area contributed by atoms with Gasteiger partial charge in [-0.15, -0.1) is 6.58 Å². The number of nitrogens with zero attached hydrogens (tertiary/aromatic N) is 1. The fourth-order valence-electron chi connectivity index (χ4n) is 0.529. The molecule has 0 aliphatic rings. The molecule has 0 spiro atoms. The van der Waals surface area contributed by atoms with E-state index < -0.39 is 0 Å². The van der Waals surface area contributed by atoms with E-state index in [-0.39, 0.29) is 10.4 Å². The Balaban J connectivity index is 4.22. The number of carbonyl (C=O) groups is 1. The minimum absolute atomic E-state index is 0.0575. The summed E-state index contributed by atoms with van der Waals surface area (Å²) in [7, 11) is 0. The van der Waals surface area contributed by atoms with Crippen molar-refractivity contribution in [3.63, 3.8) is 0 Å². The summed E-state index contributed by atoms with van der Waals surface area (Å²) >= 11 is 10.7. The van der Waals surface area contributed by atoms with Gasteiger partial charge in [-0.3, -0.25) is 4.79 Å². The van der Waals surface area contributed by atoms with Gasteiger partial charge in [0, 0.05) is 19.7 Å². The van der Waals surface area contributed by atoms with Gasteiger partial charge in [0.05, 0.1) is 0 Å². The molecule has 0 aliphatic carbocycles. The summed E-state index contributed by atoms with van der Waals surface area (Å²) in [6.45, 7) is 5.32. The molecule has 0 aromatic carbocycles. The molecule has 62 valence electrons. The molecule has 0 bridgehead atoms. The van der Waals surface area contributed by atoms with Gasteiger partial charge in [-0.05, 0) is 0 Å². The third-order valence-electron chi connectivity index (χ3n) is 0.984. The Morgan fingerprint density at radius 2 is 2.18 bits per heavy atom. The summed E-state index contributed by atoms with van der Waals surface area (Å²) in [5.74, 6) is -0.122. The van der Waals surface area contributed by atoms with Crippen molar-refractivity contribution < 1.29 is 4.79 Å². The van der Waals surface area contributed by atoms with Crippen molar-refractivity contribution in [2.24, 2.45) is 0 Å². The van der Waals surface area contributed by atoms with Gasteiger partial charge in [-0.25, -0.2) is 0 Å². The van der Waals surface area contributed by atoms with Crippen LogP contribution < -0.4 is 0 Å². The topological polar surface area (TPSA) is 20.3 Å². The standard InChI is InChI=1S/C7H9Cl2NO/c1-3-4-10(6(2)11)5-7(8)9/h3,5H,1,4H2,2H3.